The second-order valence-corrected chi connectivity index (χ2v) is 7.57. The molecular weight excluding hydrogens is 358 g/mol. The zero-order valence-electron chi connectivity index (χ0n) is 15.3. The van der Waals surface area contributed by atoms with E-state index >= 15 is 0 Å². The molecular formula is C22H21NO5. The van der Waals surface area contributed by atoms with Gasteiger partial charge in [0.2, 0.25) is 0 Å². The fourth-order valence-electron chi connectivity index (χ4n) is 4.90. The van der Waals surface area contributed by atoms with Gasteiger partial charge in [0.15, 0.2) is 0 Å². The number of amides is 1. The fraction of sp³-hybridized carbons (Fsp3) is 0.364. The lowest BCUT2D eigenvalue weighted by Gasteiger charge is -2.26. The Morgan fingerprint density at radius 1 is 1.07 bits per heavy atom. The molecule has 0 radical (unpaired) electrons. The molecule has 0 bridgehead atoms. The standard InChI is InChI=1S/C22H21NO5/c24-21(25)19-11-20-18(9-10-27-20)23(19)22(26)28-12-17-15-7-3-1-5-13(15)14-6-2-4-8-16(14)17/h1-8,17-20H,9-12H2,(H,24,25)/t18-,19?,20-/m0/s1. The summed E-state index contributed by atoms with van der Waals surface area (Å²) in [5.74, 6) is -1.05. The molecule has 1 amide bonds. The molecule has 1 aliphatic carbocycles. The summed E-state index contributed by atoms with van der Waals surface area (Å²) in [5, 5.41) is 9.52. The SMILES string of the molecule is O=C(O)C1C[C@@H]2OCC[C@@H]2N1C(=O)OCC1c2ccccc2-c2ccccc21. The number of carboxylic acids is 1. The van der Waals surface area contributed by atoms with Crippen molar-refractivity contribution >= 4 is 12.1 Å². The van der Waals surface area contributed by atoms with Gasteiger partial charge in [-0.2, -0.15) is 0 Å². The quantitative estimate of drug-likeness (QED) is 0.886. The third-order valence-corrected chi connectivity index (χ3v) is 6.16. The Balaban J connectivity index is 1.37. The number of carboxylic acid groups (broad SMARTS) is 1. The maximum Gasteiger partial charge on any atom is 0.410 e. The first kappa shape index (κ1) is 17.3. The van der Waals surface area contributed by atoms with Crippen molar-refractivity contribution in [3.05, 3.63) is 59.7 Å². The van der Waals surface area contributed by atoms with E-state index in [1.165, 1.54) is 4.90 Å². The third-order valence-electron chi connectivity index (χ3n) is 6.16. The van der Waals surface area contributed by atoms with Crippen LogP contribution in [0.4, 0.5) is 4.79 Å². The predicted molar refractivity (Wildman–Crippen MR) is 101 cm³/mol. The summed E-state index contributed by atoms with van der Waals surface area (Å²) in [6, 6.07) is 15.2. The van der Waals surface area contributed by atoms with Gasteiger partial charge >= 0.3 is 12.1 Å². The highest BCUT2D eigenvalue weighted by atomic mass is 16.6. The van der Waals surface area contributed by atoms with Crippen LogP contribution in [0.2, 0.25) is 0 Å². The maximum absolute atomic E-state index is 12.9. The number of rotatable bonds is 3. The number of aliphatic carboxylic acids is 1. The minimum absolute atomic E-state index is 0.0437. The van der Waals surface area contributed by atoms with Crippen LogP contribution in [0.5, 0.6) is 0 Å². The van der Waals surface area contributed by atoms with E-state index in [4.69, 9.17) is 9.47 Å². The molecule has 2 aliphatic heterocycles. The monoisotopic (exact) mass is 379 g/mol. The highest BCUT2D eigenvalue weighted by Gasteiger charge is 2.50. The molecule has 5 rings (SSSR count). The van der Waals surface area contributed by atoms with Crippen LogP contribution >= 0.6 is 0 Å². The molecule has 3 aliphatic rings. The Labute approximate surface area is 162 Å². The van der Waals surface area contributed by atoms with Crippen molar-refractivity contribution in [2.45, 2.75) is 36.9 Å². The van der Waals surface area contributed by atoms with E-state index in [2.05, 4.69) is 24.3 Å². The zero-order valence-corrected chi connectivity index (χ0v) is 15.3. The summed E-state index contributed by atoms with van der Waals surface area (Å²) in [7, 11) is 0. The first-order valence-corrected chi connectivity index (χ1v) is 9.63. The highest BCUT2D eigenvalue weighted by molar-refractivity contribution is 5.82. The maximum atomic E-state index is 12.9. The van der Waals surface area contributed by atoms with Gasteiger partial charge in [-0.25, -0.2) is 9.59 Å². The van der Waals surface area contributed by atoms with Gasteiger partial charge in [0.25, 0.3) is 0 Å². The van der Waals surface area contributed by atoms with Crippen molar-refractivity contribution in [1.29, 1.82) is 0 Å². The second-order valence-electron chi connectivity index (χ2n) is 7.57. The van der Waals surface area contributed by atoms with E-state index in [1.807, 2.05) is 24.3 Å². The molecule has 2 aromatic rings. The van der Waals surface area contributed by atoms with Crippen LogP contribution in [0.25, 0.3) is 11.1 Å². The number of carbonyl (C=O) groups is 2. The fourth-order valence-corrected chi connectivity index (χ4v) is 4.90. The van der Waals surface area contributed by atoms with E-state index in [-0.39, 0.29) is 24.7 Å². The number of ether oxygens (including phenoxy) is 2. The third kappa shape index (κ3) is 2.59. The van der Waals surface area contributed by atoms with Gasteiger partial charge in [0.05, 0.1) is 12.1 Å². The Morgan fingerprint density at radius 2 is 1.71 bits per heavy atom. The van der Waals surface area contributed by atoms with E-state index in [9.17, 15) is 14.7 Å². The normalized spacial score (nSPS) is 25.3. The van der Waals surface area contributed by atoms with Gasteiger partial charge in [0.1, 0.15) is 12.6 Å². The number of fused-ring (bicyclic) bond motifs is 4. The van der Waals surface area contributed by atoms with Gasteiger partial charge in [-0.15, -0.1) is 0 Å². The van der Waals surface area contributed by atoms with E-state index in [0.717, 1.165) is 22.3 Å². The van der Waals surface area contributed by atoms with Gasteiger partial charge in [-0.1, -0.05) is 48.5 Å². The molecule has 2 fully saturated rings. The molecule has 0 saturated carbocycles. The van der Waals surface area contributed by atoms with Crippen LogP contribution in [0.15, 0.2) is 48.5 Å². The molecule has 2 aromatic carbocycles. The highest BCUT2D eigenvalue weighted by Crippen LogP contribution is 2.44. The molecule has 1 N–H and O–H groups in total. The van der Waals surface area contributed by atoms with Crippen molar-refractivity contribution in [2.24, 2.45) is 0 Å². The van der Waals surface area contributed by atoms with Crippen LogP contribution in [0.3, 0.4) is 0 Å². The molecule has 2 heterocycles. The average molecular weight is 379 g/mol. The van der Waals surface area contributed by atoms with E-state index < -0.39 is 18.1 Å². The Hall–Kier alpha value is -2.86. The molecule has 2 saturated heterocycles. The molecule has 144 valence electrons. The van der Waals surface area contributed by atoms with Gasteiger partial charge < -0.3 is 14.6 Å². The lowest BCUT2D eigenvalue weighted by atomic mass is 9.98. The predicted octanol–water partition coefficient (Wildman–Crippen LogP) is 3.25. The van der Waals surface area contributed by atoms with Crippen molar-refractivity contribution in [3.63, 3.8) is 0 Å². The molecule has 28 heavy (non-hydrogen) atoms. The van der Waals surface area contributed by atoms with Crippen LogP contribution in [0.1, 0.15) is 29.9 Å². The van der Waals surface area contributed by atoms with Crippen LogP contribution in [-0.4, -0.2) is 53.5 Å². The van der Waals surface area contributed by atoms with Crippen molar-refractivity contribution in [1.82, 2.24) is 4.90 Å². The van der Waals surface area contributed by atoms with Crippen molar-refractivity contribution in [3.8, 4) is 11.1 Å². The van der Waals surface area contributed by atoms with Crippen LogP contribution in [-0.2, 0) is 14.3 Å². The van der Waals surface area contributed by atoms with Gasteiger partial charge in [-0.05, 0) is 28.7 Å². The molecule has 3 atom stereocenters. The van der Waals surface area contributed by atoms with Crippen molar-refractivity contribution < 1.29 is 24.2 Å². The largest absolute Gasteiger partial charge is 0.480 e. The lowest BCUT2D eigenvalue weighted by molar-refractivity contribution is -0.142. The average Bonchev–Trinajstić information content (AvgIpc) is 3.37. The topological polar surface area (TPSA) is 76.1 Å². The van der Waals surface area contributed by atoms with Crippen molar-refractivity contribution in [2.75, 3.05) is 13.2 Å². The number of benzene rings is 2. The van der Waals surface area contributed by atoms with Gasteiger partial charge in [0, 0.05) is 18.9 Å². The lowest BCUT2D eigenvalue weighted by Crippen LogP contribution is -2.45. The number of likely N-dealkylation sites (tertiary alicyclic amines) is 1. The Morgan fingerprint density at radius 3 is 2.36 bits per heavy atom. The minimum Gasteiger partial charge on any atom is -0.480 e. The zero-order chi connectivity index (χ0) is 19.3. The summed E-state index contributed by atoms with van der Waals surface area (Å²) in [6.07, 6.45) is 0.205. The summed E-state index contributed by atoms with van der Waals surface area (Å²) < 4.78 is 11.3. The number of hydrogen-bond acceptors (Lipinski definition) is 4. The summed E-state index contributed by atoms with van der Waals surface area (Å²) in [4.78, 5) is 25.9. The van der Waals surface area contributed by atoms with E-state index in [1.54, 1.807) is 0 Å². The first-order valence-electron chi connectivity index (χ1n) is 9.63. The summed E-state index contributed by atoms with van der Waals surface area (Å²) in [5.41, 5.74) is 4.59. The number of hydrogen-bond donors (Lipinski definition) is 1. The molecule has 6 nitrogen and oxygen atoms in total. The Kier molecular flexibility index (Phi) is 4.09. The van der Waals surface area contributed by atoms with Crippen LogP contribution < -0.4 is 0 Å². The van der Waals surface area contributed by atoms with Gasteiger partial charge in [-0.3, -0.25) is 4.90 Å². The molecule has 1 unspecified atom stereocenters. The minimum atomic E-state index is -1.01. The number of nitrogens with zero attached hydrogens (tertiary/aromatic N) is 1. The molecule has 0 spiro atoms. The number of carbonyl (C=O) groups excluding carboxylic acids is 1. The van der Waals surface area contributed by atoms with Crippen LogP contribution in [0, 0.1) is 0 Å². The molecule has 0 aromatic heterocycles. The summed E-state index contributed by atoms with van der Waals surface area (Å²) in [6.45, 7) is 0.739. The first-order chi connectivity index (χ1) is 13.6. The Bertz CT molecular complexity index is 897. The molecule has 6 heteroatoms. The smallest absolute Gasteiger partial charge is 0.410 e. The van der Waals surface area contributed by atoms with E-state index in [0.29, 0.717) is 19.4 Å². The summed E-state index contributed by atoms with van der Waals surface area (Å²) >= 11 is 0. The second kappa shape index (κ2) is 6.63.